The van der Waals surface area contributed by atoms with Gasteiger partial charge >= 0.3 is 6.03 Å². The van der Waals surface area contributed by atoms with Crippen LogP contribution in [0, 0.1) is 0 Å². The number of carbonyl (C=O) groups excluding carboxylic acids is 1. The van der Waals surface area contributed by atoms with Gasteiger partial charge in [0.15, 0.2) is 11.0 Å². The van der Waals surface area contributed by atoms with Gasteiger partial charge in [-0.3, -0.25) is 5.32 Å². The Bertz CT molecular complexity index is 1100. The average molecular weight is 427 g/mol. The monoisotopic (exact) mass is 426 g/mol. The highest BCUT2D eigenvalue weighted by molar-refractivity contribution is 7.19. The molecule has 148 valence electrons. The molecule has 0 unspecified atom stereocenters. The van der Waals surface area contributed by atoms with E-state index in [0.29, 0.717) is 29.1 Å². The second kappa shape index (κ2) is 7.37. The molecule has 2 aliphatic rings. The number of benzene rings is 1. The molecule has 2 aromatic heterocycles. The van der Waals surface area contributed by atoms with Gasteiger partial charge in [0.25, 0.3) is 0 Å². The van der Waals surface area contributed by atoms with Crippen LogP contribution in [0.3, 0.4) is 0 Å². The molecular formula is C20H19ClN6OS. The number of nitrogens with two attached hydrogens (primary N) is 1. The minimum absolute atomic E-state index is 0.0528. The van der Waals surface area contributed by atoms with E-state index in [1.165, 1.54) is 11.3 Å². The molecule has 1 atom stereocenters. The van der Waals surface area contributed by atoms with Gasteiger partial charge in [0.05, 0.1) is 21.3 Å². The smallest absolute Gasteiger partial charge is 0.323 e. The number of urea groups is 1. The molecule has 3 N–H and O–H groups in total. The van der Waals surface area contributed by atoms with E-state index in [4.69, 9.17) is 22.3 Å². The van der Waals surface area contributed by atoms with E-state index in [9.17, 15) is 4.79 Å². The van der Waals surface area contributed by atoms with Crippen molar-refractivity contribution in [2.24, 2.45) is 5.73 Å². The molecule has 1 saturated heterocycles. The Morgan fingerprint density at radius 1 is 1.28 bits per heavy atom. The Morgan fingerprint density at radius 3 is 2.93 bits per heavy atom. The summed E-state index contributed by atoms with van der Waals surface area (Å²) >= 11 is 7.78. The molecule has 3 heterocycles. The standard InChI is InChI=1S/C20H19ClN6OS/c21-14-4-2-1-3-13(14)18-23-9-11-5-6-15-17(16(11)25-18)29-19(24-15)26-20(28)27-8-7-12(22)10-27/h1-4,9,12H,5-8,10,22H2,(H,24,26,28)/t12-/m1/s1. The van der Waals surface area contributed by atoms with Gasteiger partial charge in [0.2, 0.25) is 0 Å². The molecular weight excluding hydrogens is 408 g/mol. The van der Waals surface area contributed by atoms with Crippen molar-refractivity contribution in [1.29, 1.82) is 0 Å². The summed E-state index contributed by atoms with van der Waals surface area (Å²) < 4.78 is 0. The quantitative estimate of drug-likeness (QED) is 0.652. The van der Waals surface area contributed by atoms with Crippen LogP contribution in [0.25, 0.3) is 22.0 Å². The number of amides is 2. The number of rotatable bonds is 2. The van der Waals surface area contributed by atoms with E-state index in [1.807, 2.05) is 30.5 Å². The van der Waals surface area contributed by atoms with E-state index < -0.39 is 0 Å². The maximum atomic E-state index is 12.5. The van der Waals surface area contributed by atoms with Crippen molar-refractivity contribution in [3.05, 3.63) is 46.7 Å². The zero-order chi connectivity index (χ0) is 20.0. The van der Waals surface area contributed by atoms with Gasteiger partial charge in [0.1, 0.15) is 0 Å². The molecule has 1 aliphatic carbocycles. The summed E-state index contributed by atoms with van der Waals surface area (Å²) in [7, 11) is 0. The first-order chi connectivity index (χ1) is 14.1. The van der Waals surface area contributed by atoms with Gasteiger partial charge in [0, 0.05) is 30.9 Å². The highest BCUT2D eigenvalue weighted by atomic mass is 35.5. The number of aryl methyl sites for hydroxylation is 2. The number of nitrogens with zero attached hydrogens (tertiary/aromatic N) is 4. The summed E-state index contributed by atoms with van der Waals surface area (Å²) in [5, 5.41) is 4.13. The third kappa shape index (κ3) is 3.48. The Labute approximate surface area is 177 Å². The first-order valence-electron chi connectivity index (χ1n) is 9.51. The number of anilines is 1. The maximum Gasteiger partial charge on any atom is 0.323 e. The maximum absolute atomic E-state index is 12.5. The third-order valence-electron chi connectivity index (χ3n) is 5.25. The van der Waals surface area contributed by atoms with E-state index in [1.54, 1.807) is 4.90 Å². The lowest BCUT2D eigenvalue weighted by atomic mass is 9.99. The molecule has 0 bridgehead atoms. The summed E-state index contributed by atoms with van der Waals surface area (Å²) in [5.74, 6) is 0.590. The number of aromatic nitrogens is 3. The van der Waals surface area contributed by atoms with Gasteiger partial charge in [-0.05, 0) is 37.0 Å². The predicted molar refractivity (Wildman–Crippen MR) is 114 cm³/mol. The predicted octanol–water partition coefficient (Wildman–Crippen LogP) is 3.58. The lowest BCUT2D eigenvalue weighted by molar-refractivity contribution is 0.222. The van der Waals surface area contributed by atoms with Crippen molar-refractivity contribution in [2.75, 3.05) is 18.4 Å². The van der Waals surface area contributed by atoms with Crippen molar-refractivity contribution in [1.82, 2.24) is 19.9 Å². The lowest BCUT2D eigenvalue weighted by Crippen LogP contribution is -2.35. The summed E-state index contributed by atoms with van der Waals surface area (Å²) in [6, 6.07) is 7.44. The minimum Gasteiger partial charge on any atom is -0.326 e. The third-order valence-corrected chi connectivity index (χ3v) is 6.60. The number of halogens is 1. The molecule has 1 aliphatic heterocycles. The zero-order valence-electron chi connectivity index (χ0n) is 15.6. The van der Waals surface area contributed by atoms with Gasteiger partial charge in [-0.1, -0.05) is 35.1 Å². The molecule has 7 nitrogen and oxygen atoms in total. The molecule has 0 radical (unpaired) electrons. The van der Waals surface area contributed by atoms with Crippen LogP contribution in [0.5, 0.6) is 0 Å². The van der Waals surface area contributed by atoms with Gasteiger partial charge < -0.3 is 10.6 Å². The van der Waals surface area contributed by atoms with Gasteiger partial charge in [-0.2, -0.15) is 0 Å². The Hall–Kier alpha value is -2.55. The van der Waals surface area contributed by atoms with Crippen molar-refractivity contribution >= 4 is 34.1 Å². The molecule has 1 aromatic carbocycles. The second-order valence-corrected chi connectivity index (χ2v) is 8.67. The van der Waals surface area contributed by atoms with Gasteiger partial charge in [-0.15, -0.1) is 0 Å². The summed E-state index contributed by atoms with van der Waals surface area (Å²) in [6.07, 6.45) is 4.33. The fourth-order valence-corrected chi connectivity index (χ4v) is 4.96. The Kier molecular flexibility index (Phi) is 4.69. The van der Waals surface area contributed by atoms with Crippen molar-refractivity contribution in [3.8, 4) is 22.0 Å². The molecule has 1 fully saturated rings. The number of nitrogens with one attached hydrogen (secondary N) is 1. The minimum atomic E-state index is -0.149. The molecule has 2 amide bonds. The van der Waals surface area contributed by atoms with Crippen LogP contribution in [0.2, 0.25) is 5.02 Å². The SMILES string of the molecule is N[C@@H]1CCN(C(=O)Nc2nc3c(s2)-c2nc(-c4ccccc4Cl)ncc2CC3)C1. The molecule has 3 aromatic rings. The van der Waals surface area contributed by atoms with E-state index >= 15 is 0 Å². The fourth-order valence-electron chi connectivity index (χ4n) is 3.71. The molecule has 29 heavy (non-hydrogen) atoms. The first kappa shape index (κ1) is 18.5. The normalized spacial score (nSPS) is 17.7. The fraction of sp³-hybridized carbons (Fsp3) is 0.300. The van der Waals surface area contributed by atoms with E-state index in [2.05, 4.69) is 15.3 Å². The molecule has 0 spiro atoms. The number of hydrogen-bond acceptors (Lipinski definition) is 6. The highest BCUT2D eigenvalue weighted by Gasteiger charge is 2.27. The van der Waals surface area contributed by atoms with E-state index in [-0.39, 0.29) is 12.1 Å². The molecule has 0 saturated carbocycles. The Balaban J connectivity index is 1.45. The number of hydrogen-bond donors (Lipinski definition) is 2. The van der Waals surface area contributed by atoms with Crippen LogP contribution in [0.4, 0.5) is 9.93 Å². The largest absolute Gasteiger partial charge is 0.326 e. The lowest BCUT2D eigenvalue weighted by Gasteiger charge is -2.15. The van der Waals surface area contributed by atoms with Crippen molar-refractivity contribution in [3.63, 3.8) is 0 Å². The van der Waals surface area contributed by atoms with Crippen LogP contribution in [-0.4, -0.2) is 45.0 Å². The van der Waals surface area contributed by atoms with E-state index in [0.717, 1.165) is 46.7 Å². The Morgan fingerprint density at radius 2 is 2.14 bits per heavy atom. The van der Waals surface area contributed by atoms with Crippen LogP contribution < -0.4 is 11.1 Å². The number of fused-ring (bicyclic) bond motifs is 3. The van der Waals surface area contributed by atoms with Crippen molar-refractivity contribution in [2.45, 2.75) is 25.3 Å². The topological polar surface area (TPSA) is 97.0 Å². The van der Waals surface area contributed by atoms with Gasteiger partial charge in [-0.25, -0.2) is 19.7 Å². The summed E-state index contributed by atoms with van der Waals surface area (Å²) in [5.41, 5.74) is 9.62. The van der Waals surface area contributed by atoms with Crippen molar-refractivity contribution < 1.29 is 4.79 Å². The van der Waals surface area contributed by atoms with Crippen LogP contribution in [0.15, 0.2) is 30.5 Å². The molecule has 5 rings (SSSR count). The number of likely N-dealkylation sites (tertiary alicyclic amines) is 1. The number of thiazole rings is 1. The summed E-state index contributed by atoms with van der Waals surface area (Å²) in [6.45, 7) is 1.25. The average Bonchev–Trinajstić information content (AvgIpc) is 3.34. The second-order valence-electron chi connectivity index (χ2n) is 7.27. The number of carbonyl (C=O) groups is 1. The van der Waals surface area contributed by atoms with Crippen LogP contribution >= 0.6 is 22.9 Å². The summed E-state index contributed by atoms with van der Waals surface area (Å²) in [4.78, 5) is 29.1. The highest BCUT2D eigenvalue weighted by Crippen LogP contribution is 2.39. The first-order valence-corrected chi connectivity index (χ1v) is 10.7. The molecule has 9 heteroatoms. The van der Waals surface area contributed by atoms with Crippen LogP contribution in [0.1, 0.15) is 17.7 Å². The zero-order valence-corrected chi connectivity index (χ0v) is 17.1. The van der Waals surface area contributed by atoms with Crippen LogP contribution in [-0.2, 0) is 12.8 Å².